The lowest BCUT2D eigenvalue weighted by atomic mass is 9.91. The number of fused-ring (bicyclic) bond motifs is 1. The molecule has 1 aromatic heterocycles. The molecule has 0 aliphatic carbocycles. The summed E-state index contributed by atoms with van der Waals surface area (Å²) in [5.41, 5.74) is -1.33. The van der Waals surface area contributed by atoms with Crippen LogP contribution in [0.25, 0.3) is 0 Å². The molecule has 1 aromatic rings. The Balaban J connectivity index is 2.57. The summed E-state index contributed by atoms with van der Waals surface area (Å²) in [7, 11) is 0. The molecule has 22 heavy (non-hydrogen) atoms. The van der Waals surface area contributed by atoms with Gasteiger partial charge < -0.3 is 5.32 Å². The van der Waals surface area contributed by atoms with Crippen molar-refractivity contribution < 1.29 is 13.2 Å². The zero-order valence-corrected chi connectivity index (χ0v) is 12.6. The minimum Gasteiger partial charge on any atom is -0.359 e. The van der Waals surface area contributed by atoms with Crippen molar-refractivity contribution in [2.75, 3.05) is 5.32 Å². The van der Waals surface area contributed by atoms with Gasteiger partial charge in [-0.3, -0.25) is 14.3 Å². The van der Waals surface area contributed by atoms with Crippen molar-refractivity contribution in [3.8, 4) is 0 Å². The van der Waals surface area contributed by atoms with E-state index in [0.29, 0.717) is 12.8 Å². The van der Waals surface area contributed by atoms with Crippen LogP contribution in [0.3, 0.4) is 0 Å². The third-order valence-corrected chi connectivity index (χ3v) is 3.97. The van der Waals surface area contributed by atoms with Crippen molar-refractivity contribution in [3.63, 3.8) is 0 Å². The molecule has 0 bridgehead atoms. The molecule has 5 nitrogen and oxygen atoms in total. The molecule has 1 aliphatic rings. The third kappa shape index (κ3) is 2.91. The molecule has 0 saturated heterocycles. The number of anilines is 1. The molecular formula is C14H20F3N3O2. The van der Waals surface area contributed by atoms with Gasteiger partial charge in [-0.2, -0.15) is 13.2 Å². The maximum atomic E-state index is 13.3. The maximum absolute atomic E-state index is 13.3. The number of unbranched alkanes of at least 4 members (excludes halogenated alkanes) is 1. The first kappa shape index (κ1) is 16.6. The van der Waals surface area contributed by atoms with Crippen LogP contribution in [0, 0.1) is 0 Å². The molecule has 0 amide bonds. The van der Waals surface area contributed by atoms with Gasteiger partial charge in [-0.15, -0.1) is 0 Å². The van der Waals surface area contributed by atoms with Crippen LogP contribution in [0.5, 0.6) is 0 Å². The Hall–Kier alpha value is -1.73. The van der Waals surface area contributed by atoms with Crippen LogP contribution < -0.4 is 16.6 Å². The summed E-state index contributed by atoms with van der Waals surface area (Å²) in [6, 6.07) is -1.82. The average molecular weight is 319 g/mol. The van der Waals surface area contributed by atoms with E-state index in [9.17, 15) is 22.8 Å². The Morgan fingerprint density at radius 1 is 1.18 bits per heavy atom. The van der Waals surface area contributed by atoms with E-state index in [4.69, 9.17) is 0 Å². The van der Waals surface area contributed by atoms with E-state index in [0.717, 1.165) is 6.42 Å². The van der Waals surface area contributed by atoms with Crippen LogP contribution in [-0.4, -0.2) is 21.8 Å². The number of halogens is 3. The number of hydrogen-bond donors (Lipinski definition) is 2. The van der Waals surface area contributed by atoms with Crippen molar-refractivity contribution >= 4 is 5.82 Å². The molecule has 124 valence electrons. The molecule has 0 saturated carbocycles. The fourth-order valence-electron chi connectivity index (χ4n) is 2.98. The normalized spacial score (nSPS) is 20.8. The lowest BCUT2D eigenvalue weighted by molar-refractivity contribution is -0.146. The predicted octanol–water partition coefficient (Wildman–Crippen LogP) is 2.58. The van der Waals surface area contributed by atoms with Crippen LogP contribution in [0.15, 0.2) is 9.59 Å². The van der Waals surface area contributed by atoms with E-state index in [-0.39, 0.29) is 24.3 Å². The largest absolute Gasteiger partial charge is 0.409 e. The highest BCUT2D eigenvalue weighted by Crippen LogP contribution is 2.43. The summed E-state index contributed by atoms with van der Waals surface area (Å²) in [6.07, 6.45) is -2.31. The van der Waals surface area contributed by atoms with Gasteiger partial charge in [-0.1, -0.05) is 26.7 Å². The Morgan fingerprint density at radius 2 is 1.86 bits per heavy atom. The van der Waals surface area contributed by atoms with Crippen LogP contribution in [0.1, 0.15) is 51.0 Å². The number of hydrogen-bond acceptors (Lipinski definition) is 3. The third-order valence-electron chi connectivity index (χ3n) is 3.97. The number of nitrogens with one attached hydrogen (secondary N) is 2. The van der Waals surface area contributed by atoms with Gasteiger partial charge in [-0.25, -0.2) is 4.79 Å². The Morgan fingerprint density at radius 3 is 2.41 bits per heavy atom. The van der Waals surface area contributed by atoms with Crippen molar-refractivity contribution in [1.29, 1.82) is 0 Å². The Kier molecular flexibility index (Phi) is 4.67. The van der Waals surface area contributed by atoms with Gasteiger partial charge in [0, 0.05) is 12.5 Å². The zero-order chi connectivity index (χ0) is 16.5. The van der Waals surface area contributed by atoms with Gasteiger partial charge in [0.15, 0.2) is 0 Å². The number of aromatic nitrogens is 2. The number of nitrogens with zero attached hydrogens (tertiary/aromatic N) is 1. The molecule has 2 atom stereocenters. The summed E-state index contributed by atoms with van der Waals surface area (Å²) in [4.78, 5) is 26.1. The first-order valence-electron chi connectivity index (χ1n) is 7.51. The van der Waals surface area contributed by atoms with Gasteiger partial charge in [0.1, 0.15) is 11.9 Å². The van der Waals surface area contributed by atoms with Gasteiger partial charge in [0.05, 0.1) is 5.56 Å². The zero-order valence-electron chi connectivity index (χ0n) is 12.6. The van der Waals surface area contributed by atoms with Crippen LogP contribution in [0.4, 0.5) is 19.0 Å². The fourth-order valence-corrected chi connectivity index (χ4v) is 2.98. The van der Waals surface area contributed by atoms with E-state index in [2.05, 4.69) is 10.3 Å². The van der Waals surface area contributed by atoms with E-state index in [1.807, 2.05) is 13.8 Å². The molecule has 2 rings (SSSR count). The summed E-state index contributed by atoms with van der Waals surface area (Å²) in [5, 5.41) is 2.39. The van der Waals surface area contributed by atoms with Crippen molar-refractivity contribution in [2.24, 2.45) is 0 Å². The monoisotopic (exact) mass is 319 g/mol. The van der Waals surface area contributed by atoms with Crippen LogP contribution in [-0.2, 0) is 6.54 Å². The fraction of sp³-hybridized carbons (Fsp3) is 0.714. The highest BCUT2D eigenvalue weighted by atomic mass is 19.4. The van der Waals surface area contributed by atoms with Crippen molar-refractivity contribution in [1.82, 2.24) is 9.55 Å². The molecule has 0 radical (unpaired) electrons. The summed E-state index contributed by atoms with van der Waals surface area (Å²) in [6.45, 7) is 3.96. The lowest BCUT2D eigenvalue weighted by Crippen LogP contribution is -2.38. The second kappa shape index (κ2) is 6.18. The SMILES string of the molecule is CCCC[C@@H]1c2c(n(CCC)c(=O)[nH]c2=O)N[C@@H]1C(F)(F)F. The first-order chi connectivity index (χ1) is 10.3. The van der Waals surface area contributed by atoms with E-state index in [1.54, 1.807) is 0 Å². The molecule has 0 fully saturated rings. The van der Waals surface area contributed by atoms with Gasteiger partial charge in [0.2, 0.25) is 0 Å². The molecule has 0 unspecified atom stereocenters. The number of alkyl halides is 3. The van der Waals surface area contributed by atoms with Crippen LogP contribution in [0.2, 0.25) is 0 Å². The van der Waals surface area contributed by atoms with E-state index < -0.39 is 29.4 Å². The minimum absolute atomic E-state index is 0.0269. The molecule has 2 heterocycles. The highest BCUT2D eigenvalue weighted by Gasteiger charge is 2.51. The Bertz CT molecular complexity index is 648. The smallest absolute Gasteiger partial charge is 0.359 e. The van der Waals surface area contributed by atoms with Gasteiger partial charge in [0.25, 0.3) is 5.56 Å². The summed E-state index contributed by atoms with van der Waals surface area (Å²) in [5.74, 6) is -0.929. The molecule has 8 heteroatoms. The average Bonchev–Trinajstić information content (AvgIpc) is 2.81. The van der Waals surface area contributed by atoms with Gasteiger partial charge in [-0.05, 0) is 12.8 Å². The summed E-state index contributed by atoms with van der Waals surface area (Å²) < 4.78 is 41.1. The van der Waals surface area contributed by atoms with Crippen LogP contribution >= 0.6 is 0 Å². The van der Waals surface area contributed by atoms with Gasteiger partial charge >= 0.3 is 11.9 Å². The maximum Gasteiger partial charge on any atom is 0.409 e. The molecular weight excluding hydrogens is 299 g/mol. The first-order valence-corrected chi connectivity index (χ1v) is 7.51. The molecule has 0 spiro atoms. The standard InChI is InChI=1S/C14H20F3N3O2/c1-3-5-6-8-9-11(18-10(8)14(15,16)17)20(7-4-2)13(22)19-12(9)21/h8,10,18H,3-7H2,1-2H3,(H,19,21,22)/t8-,10+/m1/s1. The van der Waals surface area contributed by atoms with Crippen molar-refractivity contribution in [2.45, 2.75) is 64.2 Å². The minimum atomic E-state index is -4.48. The van der Waals surface area contributed by atoms with E-state index >= 15 is 0 Å². The number of rotatable bonds is 5. The van der Waals surface area contributed by atoms with E-state index in [1.165, 1.54) is 4.57 Å². The topological polar surface area (TPSA) is 66.9 Å². The quantitative estimate of drug-likeness (QED) is 0.876. The number of H-pyrrole nitrogens is 1. The Labute approximate surface area is 125 Å². The lowest BCUT2D eigenvalue weighted by Gasteiger charge is -2.22. The summed E-state index contributed by atoms with van der Waals surface area (Å²) >= 11 is 0. The second-order valence-electron chi connectivity index (χ2n) is 5.59. The highest BCUT2D eigenvalue weighted by molar-refractivity contribution is 5.54. The molecule has 0 aromatic carbocycles. The van der Waals surface area contributed by atoms with Crippen molar-refractivity contribution in [3.05, 3.63) is 26.4 Å². The molecule has 1 aliphatic heterocycles. The predicted molar refractivity (Wildman–Crippen MR) is 77.3 cm³/mol. The number of aromatic amines is 1. The molecule has 2 N–H and O–H groups in total. The second-order valence-corrected chi connectivity index (χ2v) is 5.59.